The average Bonchev–Trinajstić information content (AvgIpc) is 2.98. The molecule has 21 heavy (non-hydrogen) atoms. The molecule has 1 aromatic heterocycles. The monoisotopic (exact) mass is 291 g/mol. The first-order valence-electron chi connectivity index (χ1n) is 5.94. The van der Waals surface area contributed by atoms with Crippen LogP contribution < -0.4 is 0 Å². The van der Waals surface area contributed by atoms with Gasteiger partial charge in [0.15, 0.2) is 0 Å². The van der Waals surface area contributed by atoms with E-state index in [4.69, 9.17) is 4.74 Å². The first-order valence-corrected chi connectivity index (χ1v) is 5.94. The van der Waals surface area contributed by atoms with Gasteiger partial charge in [-0.1, -0.05) is 0 Å². The fourth-order valence-electron chi connectivity index (χ4n) is 2.10. The molecule has 7 heteroatoms. The zero-order valence-corrected chi connectivity index (χ0v) is 11.7. The Hall–Kier alpha value is -2.83. The van der Waals surface area contributed by atoms with Crippen molar-refractivity contribution in [1.29, 1.82) is 0 Å². The molecule has 0 amide bonds. The number of H-pyrrole nitrogens is 1. The summed E-state index contributed by atoms with van der Waals surface area (Å²) in [7, 11) is 3.52. The molecular formula is C14H13NO6. The smallest absolute Gasteiger partial charge is 0.340 e. The number of aromatic amines is 1. The number of carbonyl (C=O) groups is 3. The zero-order valence-electron chi connectivity index (χ0n) is 11.7. The molecule has 1 aromatic carbocycles. The number of carbonyl (C=O) groups excluding carboxylic acids is 3. The van der Waals surface area contributed by atoms with Crippen LogP contribution >= 0.6 is 0 Å². The molecule has 0 saturated heterocycles. The van der Waals surface area contributed by atoms with Crippen LogP contribution in [-0.4, -0.2) is 44.2 Å². The highest BCUT2D eigenvalue weighted by Crippen LogP contribution is 2.27. The standard InChI is InChI=1S/C14H13NO6/c1-19-12(16)8-6-7-4-5-15-11(7)10(14(18)21-3)9(8)13(17)20-2/h4-6,15H,1-3H3. The van der Waals surface area contributed by atoms with Crippen LogP contribution in [0.4, 0.5) is 0 Å². The molecule has 0 aliphatic rings. The van der Waals surface area contributed by atoms with Crippen molar-refractivity contribution in [3.63, 3.8) is 0 Å². The summed E-state index contributed by atoms with van der Waals surface area (Å²) in [6.45, 7) is 0. The van der Waals surface area contributed by atoms with E-state index in [-0.39, 0.29) is 16.7 Å². The SMILES string of the molecule is COC(=O)c1cc2cc[nH]c2c(C(=O)OC)c1C(=O)OC. The predicted molar refractivity (Wildman–Crippen MR) is 72.3 cm³/mol. The molecular weight excluding hydrogens is 278 g/mol. The number of aromatic nitrogens is 1. The van der Waals surface area contributed by atoms with Gasteiger partial charge in [-0.25, -0.2) is 14.4 Å². The molecule has 110 valence electrons. The molecule has 0 fully saturated rings. The number of rotatable bonds is 3. The number of esters is 3. The summed E-state index contributed by atoms with van der Waals surface area (Å²) < 4.78 is 14.0. The van der Waals surface area contributed by atoms with Gasteiger partial charge < -0.3 is 19.2 Å². The highest BCUT2D eigenvalue weighted by Gasteiger charge is 2.29. The van der Waals surface area contributed by atoms with Gasteiger partial charge in [0.05, 0.1) is 43.5 Å². The van der Waals surface area contributed by atoms with Gasteiger partial charge in [0, 0.05) is 11.6 Å². The van der Waals surface area contributed by atoms with Gasteiger partial charge >= 0.3 is 17.9 Å². The third-order valence-electron chi connectivity index (χ3n) is 3.03. The Morgan fingerprint density at radius 2 is 1.48 bits per heavy atom. The van der Waals surface area contributed by atoms with Crippen molar-refractivity contribution in [2.24, 2.45) is 0 Å². The minimum absolute atomic E-state index is 0.0585. The Balaban J connectivity index is 2.91. The second kappa shape index (κ2) is 5.66. The Bertz CT molecular complexity index is 730. The van der Waals surface area contributed by atoms with E-state index in [1.807, 2.05) is 0 Å². The number of fused-ring (bicyclic) bond motifs is 1. The van der Waals surface area contributed by atoms with E-state index in [1.54, 1.807) is 12.3 Å². The second-order valence-electron chi connectivity index (χ2n) is 4.09. The number of hydrogen-bond acceptors (Lipinski definition) is 6. The van der Waals surface area contributed by atoms with Gasteiger partial charge in [0.2, 0.25) is 0 Å². The molecule has 1 N–H and O–H groups in total. The van der Waals surface area contributed by atoms with E-state index >= 15 is 0 Å². The van der Waals surface area contributed by atoms with Crippen LogP contribution in [0.1, 0.15) is 31.1 Å². The summed E-state index contributed by atoms with van der Waals surface area (Å²) in [6, 6.07) is 3.12. The summed E-state index contributed by atoms with van der Waals surface area (Å²) in [5, 5.41) is 0.573. The van der Waals surface area contributed by atoms with Gasteiger partial charge in [-0.3, -0.25) is 0 Å². The maximum atomic E-state index is 12.0. The fraction of sp³-hybridized carbons (Fsp3) is 0.214. The van der Waals surface area contributed by atoms with Gasteiger partial charge in [-0.2, -0.15) is 0 Å². The largest absolute Gasteiger partial charge is 0.465 e. The van der Waals surface area contributed by atoms with Crippen LogP contribution in [0.3, 0.4) is 0 Å². The lowest BCUT2D eigenvalue weighted by Crippen LogP contribution is -2.18. The van der Waals surface area contributed by atoms with E-state index in [2.05, 4.69) is 14.5 Å². The first-order chi connectivity index (χ1) is 10.0. The summed E-state index contributed by atoms with van der Waals surface area (Å²) >= 11 is 0. The van der Waals surface area contributed by atoms with Crippen molar-refractivity contribution < 1.29 is 28.6 Å². The summed E-state index contributed by atoms with van der Waals surface area (Å²) in [6.07, 6.45) is 1.58. The quantitative estimate of drug-likeness (QED) is 0.680. The molecule has 0 aliphatic carbocycles. The van der Waals surface area contributed by atoms with Gasteiger partial charge in [-0.15, -0.1) is 0 Å². The van der Waals surface area contributed by atoms with Crippen molar-refractivity contribution in [2.75, 3.05) is 21.3 Å². The molecule has 7 nitrogen and oxygen atoms in total. The molecule has 2 rings (SSSR count). The second-order valence-corrected chi connectivity index (χ2v) is 4.09. The Morgan fingerprint density at radius 3 is 2.05 bits per heavy atom. The Kier molecular flexibility index (Phi) is 3.93. The van der Waals surface area contributed by atoms with E-state index in [1.165, 1.54) is 20.3 Å². The fourth-order valence-corrected chi connectivity index (χ4v) is 2.10. The Labute approximate surface area is 119 Å². The van der Waals surface area contributed by atoms with Crippen LogP contribution in [0.25, 0.3) is 10.9 Å². The van der Waals surface area contributed by atoms with Crippen molar-refractivity contribution in [3.05, 3.63) is 35.0 Å². The average molecular weight is 291 g/mol. The lowest BCUT2D eigenvalue weighted by Gasteiger charge is -2.12. The lowest BCUT2D eigenvalue weighted by molar-refractivity contribution is 0.0537. The molecule has 2 aromatic rings. The number of ether oxygens (including phenoxy) is 3. The van der Waals surface area contributed by atoms with Gasteiger partial charge in [-0.05, 0) is 12.1 Å². The summed E-state index contributed by atoms with van der Waals surface area (Å²) in [5.41, 5.74) is 0.0742. The highest BCUT2D eigenvalue weighted by molar-refractivity contribution is 6.17. The van der Waals surface area contributed by atoms with Crippen molar-refractivity contribution in [3.8, 4) is 0 Å². The minimum Gasteiger partial charge on any atom is -0.465 e. The molecule has 0 spiro atoms. The van der Waals surface area contributed by atoms with Crippen LogP contribution in [0.5, 0.6) is 0 Å². The van der Waals surface area contributed by atoms with E-state index in [0.717, 1.165) is 7.11 Å². The third kappa shape index (κ3) is 2.33. The van der Waals surface area contributed by atoms with Crippen LogP contribution in [-0.2, 0) is 14.2 Å². The minimum atomic E-state index is -0.827. The number of methoxy groups -OCH3 is 3. The van der Waals surface area contributed by atoms with E-state index in [9.17, 15) is 14.4 Å². The predicted octanol–water partition coefficient (Wildman–Crippen LogP) is 1.53. The van der Waals surface area contributed by atoms with Gasteiger partial charge in [0.1, 0.15) is 0 Å². The Morgan fingerprint density at radius 1 is 0.905 bits per heavy atom. The van der Waals surface area contributed by atoms with Crippen LogP contribution in [0.15, 0.2) is 18.3 Å². The molecule has 1 heterocycles. The molecule has 0 saturated carbocycles. The van der Waals surface area contributed by atoms with Crippen molar-refractivity contribution >= 4 is 28.8 Å². The van der Waals surface area contributed by atoms with Crippen LogP contribution in [0.2, 0.25) is 0 Å². The number of hydrogen-bond donors (Lipinski definition) is 1. The number of nitrogens with one attached hydrogen (secondary N) is 1. The summed E-state index contributed by atoms with van der Waals surface area (Å²) in [4.78, 5) is 38.8. The normalized spacial score (nSPS) is 10.2. The van der Waals surface area contributed by atoms with Gasteiger partial charge in [0.25, 0.3) is 0 Å². The maximum absolute atomic E-state index is 12.0. The lowest BCUT2D eigenvalue weighted by atomic mass is 9.97. The molecule has 0 radical (unpaired) electrons. The highest BCUT2D eigenvalue weighted by atomic mass is 16.5. The molecule has 0 aliphatic heterocycles. The molecule has 0 bridgehead atoms. The van der Waals surface area contributed by atoms with Crippen molar-refractivity contribution in [2.45, 2.75) is 0 Å². The van der Waals surface area contributed by atoms with Crippen molar-refractivity contribution in [1.82, 2.24) is 4.98 Å². The third-order valence-corrected chi connectivity index (χ3v) is 3.03. The first kappa shape index (κ1) is 14.6. The van der Waals surface area contributed by atoms with Crippen LogP contribution in [0, 0.1) is 0 Å². The molecule has 0 unspecified atom stereocenters. The topological polar surface area (TPSA) is 94.7 Å². The number of benzene rings is 1. The molecule has 0 atom stereocenters. The van der Waals surface area contributed by atoms with E-state index < -0.39 is 17.9 Å². The zero-order chi connectivity index (χ0) is 15.6. The maximum Gasteiger partial charge on any atom is 0.340 e. The van der Waals surface area contributed by atoms with E-state index in [0.29, 0.717) is 10.9 Å². The summed E-state index contributed by atoms with van der Waals surface area (Å²) in [5.74, 6) is -2.33.